The predicted molar refractivity (Wildman–Crippen MR) is 74.1 cm³/mol. The van der Waals surface area contributed by atoms with Crippen LogP contribution in [0.4, 0.5) is 5.95 Å². The van der Waals surface area contributed by atoms with Gasteiger partial charge < -0.3 is 4.90 Å². The monoisotopic (exact) mass is 297 g/mol. The van der Waals surface area contributed by atoms with Crippen LogP contribution in [0, 0.1) is 11.8 Å². The van der Waals surface area contributed by atoms with Crippen molar-refractivity contribution in [1.29, 1.82) is 0 Å². The SMILES string of the molecule is CCC(CC)C1CCN(c2ncc(Br)cn2)C1. The summed E-state index contributed by atoms with van der Waals surface area (Å²) in [4.78, 5) is 11.1. The minimum Gasteiger partial charge on any atom is -0.341 e. The average Bonchev–Trinajstić information content (AvgIpc) is 2.81. The van der Waals surface area contributed by atoms with E-state index in [0.29, 0.717) is 0 Å². The van der Waals surface area contributed by atoms with Crippen molar-refractivity contribution in [3.05, 3.63) is 16.9 Å². The maximum absolute atomic E-state index is 4.37. The van der Waals surface area contributed by atoms with Crippen LogP contribution < -0.4 is 4.90 Å². The van der Waals surface area contributed by atoms with Gasteiger partial charge in [0.1, 0.15) is 0 Å². The van der Waals surface area contributed by atoms with Crippen molar-refractivity contribution in [3.8, 4) is 0 Å². The largest absolute Gasteiger partial charge is 0.341 e. The van der Waals surface area contributed by atoms with Gasteiger partial charge in [0.25, 0.3) is 0 Å². The number of nitrogens with zero attached hydrogens (tertiary/aromatic N) is 3. The Morgan fingerprint density at radius 3 is 2.59 bits per heavy atom. The zero-order chi connectivity index (χ0) is 12.3. The number of hydrogen-bond donors (Lipinski definition) is 0. The molecule has 1 aromatic heterocycles. The molecule has 0 N–H and O–H groups in total. The molecule has 0 aromatic carbocycles. The van der Waals surface area contributed by atoms with E-state index >= 15 is 0 Å². The van der Waals surface area contributed by atoms with E-state index in [2.05, 4.69) is 44.6 Å². The van der Waals surface area contributed by atoms with Crippen molar-refractivity contribution >= 4 is 21.9 Å². The highest BCUT2D eigenvalue weighted by Crippen LogP contribution is 2.30. The van der Waals surface area contributed by atoms with Gasteiger partial charge in [0.05, 0.1) is 4.47 Å². The lowest BCUT2D eigenvalue weighted by Crippen LogP contribution is -2.24. The molecule has 17 heavy (non-hydrogen) atoms. The number of rotatable bonds is 4. The molecule has 1 atom stereocenters. The second-order valence-corrected chi connectivity index (χ2v) is 5.69. The van der Waals surface area contributed by atoms with Crippen LogP contribution >= 0.6 is 15.9 Å². The summed E-state index contributed by atoms with van der Waals surface area (Å²) in [5, 5.41) is 0. The molecule has 1 fully saturated rings. The Morgan fingerprint density at radius 2 is 2.00 bits per heavy atom. The van der Waals surface area contributed by atoms with Crippen molar-refractivity contribution in [2.75, 3.05) is 18.0 Å². The molecule has 1 unspecified atom stereocenters. The first kappa shape index (κ1) is 12.8. The Kier molecular flexibility index (Phi) is 4.37. The van der Waals surface area contributed by atoms with Crippen molar-refractivity contribution < 1.29 is 0 Å². The van der Waals surface area contributed by atoms with Crippen LogP contribution in [0.15, 0.2) is 16.9 Å². The quantitative estimate of drug-likeness (QED) is 0.852. The molecule has 94 valence electrons. The summed E-state index contributed by atoms with van der Waals surface area (Å²) in [6.45, 7) is 6.82. The Morgan fingerprint density at radius 1 is 1.35 bits per heavy atom. The van der Waals surface area contributed by atoms with Crippen LogP contribution in [0.5, 0.6) is 0 Å². The average molecular weight is 298 g/mol. The highest BCUT2D eigenvalue weighted by atomic mass is 79.9. The van der Waals surface area contributed by atoms with E-state index in [1.54, 1.807) is 0 Å². The highest BCUT2D eigenvalue weighted by molar-refractivity contribution is 9.10. The molecule has 4 heteroatoms. The van der Waals surface area contributed by atoms with E-state index in [0.717, 1.165) is 35.3 Å². The Balaban J connectivity index is 2.00. The molecule has 1 aromatic rings. The standard InChI is InChI=1S/C13H20BrN3/c1-3-10(4-2)11-5-6-17(9-11)13-15-7-12(14)8-16-13/h7-8,10-11H,3-6,9H2,1-2H3. The lowest BCUT2D eigenvalue weighted by molar-refractivity contribution is 0.338. The first-order valence-corrected chi connectivity index (χ1v) is 7.26. The third kappa shape index (κ3) is 2.97. The summed E-state index contributed by atoms with van der Waals surface area (Å²) in [5.74, 6) is 2.55. The minimum absolute atomic E-state index is 0.817. The van der Waals surface area contributed by atoms with Crippen molar-refractivity contribution in [2.24, 2.45) is 11.8 Å². The van der Waals surface area contributed by atoms with Crippen LogP contribution in [-0.2, 0) is 0 Å². The van der Waals surface area contributed by atoms with Crippen LogP contribution in [0.1, 0.15) is 33.1 Å². The molecule has 3 nitrogen and oxygen atoms in total. The fourth-order valence-electron chi connectivity index (χ4n) is 2.78. The van der Waals surface area contributed by atoms with E-state index in [9.17, 15) is 0 Å². The Bertz CT molecular complexity index is 348. The predicted octanol–water partition coefficient (Wildman–Crippen LogP) is 3.50. The van der Waals surface area contributed by atoms with Crippen molar-refractivity contribution in [1.82, 2.24) is 9.97 Å². The molecule has 2 heterocycles. The maximum Gasteiger partial charge on any atom is 0.225 e. The molecule has 0 amide bonds. The van der Waals surface area contributed by atoms with Crippen LogP contribution in [0.25, 0.3) is 0 Å². The van der Waals surface area contributed by atoms with Gasteiger partial charge in [-0.1, -0.05) is 26.7 Å². The van der Waals surface area contributed by atoms with Gasteiger partial charge >= 0.3 is 0 Å². The molecule has 1 aliphatic heterocycles. The summed E-state index contributed by atoms with van der Waals surface area (Å²) < 4.78 is 0.942. The van der Waals surface area contributed by atoms with Crippen LogP contribution in [0.2, 0.25) is 0 Å². The third-order valence-corrected chi connectivity index (χ3v) is 4.24. The molecule has 1 saturated heterocycles. The molecule has 0 spiro atoms. The zero-order valence-corrected chi connectivity index (χ0v) is 12.2. The zero-order valence-electron chi connectivity index (χ0n) is 10.6. The van der Waals surface area contributed by atoms with Crippen LogP contribution in [-0.4, -0.2) is 23.1 Å². The van der Waals surface area contributed by atoms with Crippen LogP contribution in [0.3, 0.4) is 0 Å². The van der Waals surface area contributed by atoms with Gasteiger partial charge in [-0.2, -0.15) is 0 Å². The summed E-state index contributed by atoms with van der Waals surface area (Å²) in [6.07, 6.45) is 7.51. The van der Waals surface area contributed by atoms with E-state index in [-0.39, 0.29) is 0 Å². The third-order valence-electron chi connectivity index (χ3n) is 3.83. The van der Waals surface area contributed by atoms with Gasteiger partial charge in [-0.15, -0.1) is 0 Å². The van der Waals surface area contributed by atoms with Gasteiger partial charge in [0, 0.05) is 25.5 Å². The fourth-order valence-corrected chi connectivity index (χ4v) is 2.98. The van der Waals surface area contributed by atoms with Gasteiger partial charge in [0.2, 0.25) is 5.95 Å². The van der Waals surface area contributed by atoms with E-state index in [4.69, 9.17) is 0 Å². The molecular weight excluding hydrogens is 278 g/mol. The molecule has 0 aliphatic carbocycles. The van der Waals surface area contributed by atoms with E-state index in [1.165, 1.54) is 19.3 Å². The normalized spacial score (nSPS) is 20.2. The smallest absolute Gasteiger partial charge is 0.225 e. The summed E-state index contributed by atoms with van der Waals surface area (Å²) >= 11 is 3.37. The van der Waals surface area contributed by atoms with Gasteiger partial charge in [-0.3, -0.25) is 0 Å². The van der Waals surface area contributed by atoms with Gasteiger partial charge in [0.15, 0.2) is 0 Å². The summed E-state index contributed by atoms with van der Waals surface area (Å²) in [7, 11) is 0. The summed E-state index contributed by atoms with van der Waals surface area (Å²) in [6, 6.07) is 0. The van der Waals surface area contributed by atoms with Gasteiger partial charge in [-0.05, 0) is 34.2 Å². The molecular formula is C13H20BrN3. The second-order valence-electron chi connectivity index (χ2n) is 4.77. The lowest BCUT2D eigenvalue weighted by Gasteiger charge is -2.21. The molecule has 0 saturated carbocycles. The topological polar surface area (TPSA) is 29.0 Å². The highest BCUT2D eigenvalue weighted by Gasteiger charge is 2.28. The Hall–Kier alpha value is -0.640. The number of hydrogen-bond acceptors (Lipinski definition) is 3. The first-order chi connectivity index (χ1) is 8.24. The number of anilines is 1. The minimum atomic E-state index is 0.817. The molecule has 2 rings (SSSR count). The van der Waals surface area contributed by atoms with E-state index in [1.807, 2.05) is 12.4 Å². The summed E-state index contributed by atoms with van der Waals surface area (Å²) in [5.41, 5.74) is 0. The Labute approximate surface area is 112 Å². The van der Waals surface area contributed by atoms with E-state index < -0.39 is 0 Å². The molecule has 0 bridgehead atoms. The lowest BCUT2D eigenvalue weighted by atomic mass is 9.87. The van der Waals surface area contributed by atoms with Gasteiger partial charge in [-0.25, -0.2) is 9.97 Å². The second kappa shape index (κ2) is 5.80. The molecule has 0 radical (unpaired) electrons. The fraction of sp³-hybridized carbons (Fsp3) is 0.692. The van der Waals surface area contributed by atoms with Crippen molar-refractivity contribution in [3.63, 3.8) is 0 Å². The first-order valence-electron chi connectivity index (χ1n) is 6.47. The van der Waals surface area contributed by atoms with Crippen molar-refractivity contribution in [2.45, 2.75) is 33.1 Å². The maximum atomic E-state index is 4.37. The number of aromatic nitrogens is 2. The molecule has 1 aliphatic rings. The number of halogens is 1.